The van der Waals surface area contributed by atoms with Crippen LogP contribution in [0.3, 0.4) is 0 Å². The fourth-order valence-corrected chi connectivity index (χ4v) is 1.30. The number of halogens is 2. The van der Waals surface area contributed by atoms with Gasteiger partial charge in [0.05, 0.1) is 12.6 Å². The third kappa shape index (κ3) is 2.73. The Morgan fingerprint density at radius 1 is 1.47 bits per heavy atom. The van der Waals surface area contributed by atoms with Gasteiger partial charge in [-0.05, 0) is 19.1 Å². The second-order valence-corrected chi connectivity index (χ2v) is 3.13. The number of nitrogens with two attached hydrogens (primary N) is 1. The van der Waals surface area contributed by atoms with Crippen LogP contribution in [0.1, 0.15) is 18.5 Å². The monoisotopic (exact) mass is 214 g/mol. The standard InChI is InChI=1S/C10H12F2N2O/c1-6(14-9(15)5-13)10-7(11)3-2-4-8(10)12/h2-4,6H,5,13H2,1H3,(H,14,15). The zero-order chi connectivity index (χ0) is 11.4. The van der Waals surface area contributed by atoms with Gasteiger partial charge >= 0.3 is 0 Å². The Hall–Kier alpha value is -1.49. The van der Waals surface area contributed by atoms with Gasteiger partial charge in [0.2, 0.25) is 5.91 Å². The maximum atomic E-state index is 13.2. The Kier molecular flexibility index (Phi) is 3.74. The number of nitrogens with one attached hydrogen (secondary N) is 1. The van der Waals surface area contributed by atoms with Crippen molar-refractivity contribution in [1.82, 2.24) is 5.32 Å². The van der Waals surface area contributed by atoms with E-state index >= 15 is 0 Å². The van der Waals surface area contributed by atoms with Crippen LogP contribution < -0.4 is 11.1 Å². The van der Waals surface area contributed by atoms with E-state index in [9.17, 15) is 13.6 Å². The van der Waals surface area contributed by atoms with E-state index in [1.807, 2.05) is 0 Å². The van der Waals surface area contributed by atoms with Crippen molar-refractivity contribution >= 4 is 5.91 Å². The molecular weight excluding hydrogens is 202 g/mol. The highest BCUT2D eigenvalue weighted by Crippen LogP contribution is 2.19. The Bertz CT molecular complexity index is 348. The Morgan fingerprint density at radius 2 is 2.00 bits per heavy atom. The van der Waals surface area contributed by atoms with Crippen LogP contribution in [0.25, 0.3) is 0 Å². The molecule has 1 unspecified atom stereocenters. The van der Waals surface area contributed by atoms with E-state index in [4.69, 9.17) is 5.73 Å². The lowest BCUT2D eigenvalue weighted by atomic mass is 10.1. The fourth-order valence-electron chi connectivity index (χ4n) is 1.30. The lowest BCUT2D eigenvalue weighted by molar-refractivity contribution is -0.120. The molecule has 0 bridgehead atoms. The van der Waals surface area contributed by atoms with E-state index in [1.165, 1.54) is 13.0 Å². The molecule has 0 saturated carbocycles. The summed E-state index contributed by atoms with van der Waals surface area (Å²) in [5.41, 5.74) is 4.92. The molecule has 15 heavy (non-hydrogen) atoms. The minimum Gasteiger partial charge on any atom is -0.348 e. The Labute approximate surface area is 86.3 Å². The molecule has 0 aliphatic heterocycles. The minimum atomic E-state index is -0.734. The number of carbonyl (C=O) groups excluding carboxylic acids is 1. The van der Waals surface area contributed by atoms with Gasteiger partial charge in [-0.2, -0.15) is 0 Å². The summed E-state index contributed by atoms with van der Waals surface area (Å²) in [5, 5.41) is 2.38. The second kappa shape index (κ2) is 4.84. The van der Waals surface area contributed by atoms with E-state index in [1.54, 1.807) is 0 Å². The third-order valence-electron chi connectivity index (χ3n) is 2.00. The number of rotatable bonds is 3. The van der Waals surface area contributed by atoms with Gasteiger partial charge in [-0.3, -0.25) is 4.79 Å². The average Bonchev–Trinajstić information content (AvgIpc) is 2.17. The molecule has 82 valence electrons. The van der Waals surface area contributed by atoms with Crippen LogP contribution in [0, 0.1) is 11.6 Å². The topological polar surface area (TPSA) is 55.1 Å². The number of benzene rings is 1. The summed E-state index contributed by atoms with van der Waals surface area (Å²) >= 11 is 0. The molecule has 0 aliphatic rings. The SMILES string of the molecule is CC(NC(=O)CN)c1c(F)cccc1F. The molecule has 5 heteroatoms. The first-order valence-corrected chi connectivity index (χ1v) is 4.49. The summed E-state index contributed by atoms with van der Waals surface area (Å²) < 4.78 is 26.5. The number of hydrogen-bond acceptors (Lipinski definition) is 2. The summed E-state index contributed by atoms with van der Waals surface area (Å²) in [7, 11) is 0. The maximum absolute atomic E-state index is 13.2. The molecule has 1 rings (SSSR count). The highest BCUT2D eigenvalue weighted by molar-refractivity contribution is 5.78. The molecule has 1 aromatic rings. The van der Waals surface area contributed by atoms with Crippen molar-refractivity contribution in [2.75, 3.05) is 6.54 Å². The summed E-state index contributed by atoms with van der Waals surface area (Å²) in [6.45, 7) is 1.29. The van der Waals surface area contributed by atoms with E-state index in [0.717, 1.165) is 12.1 Å². The summed E-state index contributed by atoms with van der Waals surface area (Å²) in [5.74, 6) is -1.82. The van der Waals surface area contributed by atoms with Crippen LogP contribution >= 0.6 is 0 Å². The van der Waals surface area contributed by atoms with Gasteiger partial charge < -0.3 is 11.1 Å². The molecule has 1 aromatic carbocycles. The molecule has 0 aliphatic carbocycles. The molecule has 3 N–H and O–H groups in total. The zero-order valence-electron chi connectivity index (χ0n) is 8.26. The largest absolute Gasteiger partial charge is 0.348 e. The predicted molar refractivity (Wildman–Crippen MR) is 52.0 cm³/mol. The first kappa shape index (κ1) is 11.6. The first-order chi connectivity index (χ1) is 7.06. The van der Waals surface area contributed by atoms with Crippen molar-refractivity contribution in [3.05, 3.63) is 35.4 Å². The Balaban J connectivity index is 2.90. The van der Waals surface area contributed by atoms with E-state index in [2.05, 4.69) is 5.32 Å². The highest BCUT2D eigenvalue weighted by atomic mass is 19.1. The summed E-state index contributed by atoms with van der Waals surface area (Å²) in [6, 6.07) is 2.82. The fraction of sp³-hybridized carbons (Fsp3) is 0.300. The van der Waals surface area contributed by atoms with Crippen molar-refractivity contribution in [2.24, 2.45) is 5.73 Å². The summed E-state index contributed by atoms with van der Waals surface area (Å²) in [4.78, 5) is 10.9. The zero-order valence-corrected chi connectivity index (χ0v) is 8.26. The molecule has 0 spiro atoms. The van der Waals surface area contributed by atoms with E-state index < -0.39 is 23.6 Å². The molecule has 0 fully saturated rings. The van der Waals surface area contributed by atoms with Crippen LogP contribution in [-0.4, -0.2) is 12.5 Å². The van der Waals surface area contributed by atoms with Crippen LogP contribution in [0.5, 0.6) is 0 Å². The van der Waals surface area contributed by atoms with Crippen LogP contribution in [0.2, 0.25) is 0 Å². The number of carbonyl (C=O) groups is 1. The van der Waals surface area contributed by atoms with Crippen LogP contribution in [0.15, 0.2) is 18.2 Å². The van der Waals surface area contributed by atoms with Crippen molar-refractivity contribution in [1.29, 1.82) is 0 Å². The molecule has 3 nitrogen and oxygen atoms in total. The lowest BCUT2D eigenvalue weighted by Gasteiger charge is -2.15. The minimum absolute atomic E-state index is 0.153. The van der Waals surface area contributed by atoms with Crippen molar-refractivity contribution in [3.63, 3.8) is 0 Å². The van der Waals surface area contributed by atoms with Crippen LogP contribution in [0.4, 0.5) is 8.78 Å². The van der Waals surface area contributed by atoms with Gasteiger partial charge in [0, 0.05) is 5.56 Å². The number of amides is 1. The second-order valence-electron chi connectivity index (χ2n) is 3.13. The molecule has 1 amide bonds. The molecule has 0 radical (unpaired) electrons. The van der Waals surface area contributed by atoms with Gasteiger partial charge in [0.1, 0.15) is 11.6 Å². The smallest absolute Gasteiger partial charge is 0.234 e. The molecular formula is C10H12F2N2O. The van der Waals surface area contributed by atoms with E-state index in [-0.39, 0.29) is 12.1 Å². The van der Waals surface area contributed by atoms with Gasteiger partial charge in [0.25, 0.3) is 0 Å². The first-order valence-electron chi connectivity index (χ1n) is 4.49. The average molecular weight is 214 g/mol. The van der Waals surface area contributed by atoms with E-state index in [0.29, 0.717) is 0 Å². The highest BCUT2D eigenvalue weighted by Gasteiger charge is 2.16. The van der Waals surface area contributed by atoms with Crippen molar-refractivity contribution < 1.29 is 13.6 Å². The normalized spacial score (nSPS) is 12.3. The molecule has 0 aromatic heterocycles. The van der Waals surface area contributed by atoms with Crippen LogP contribution in [-0.2, 0) is 4.79 Å². The van der Waals surface area contributed by atoms with Gasteiger partial charge in [-0.1, -0.05) is 6.07 Å². The molecule has 0 saturated heterocycles. The number of hydrogen-bond donors (Lipinski definition) is 2. The van der Waals surface area contributed by atoms with Gasteiger partial charge in [0.15, 0.2) is 0 Å². The Morgan fingerprint density at radius 3 is 2.47 bits per heavy atom. The van der Waals surface area contributed by atoms with Gasteiger partial charge in [-0.15, -0.1) is 0 Å². The van der Waals surface area contributed by atoms with Crippen molar-refractivity contribution in [3.8, 4) is 0 Å². The lowest BCUT2D eigenvalue weighted by Crippen LogP contribution is -2.33. The third-order valence-corrected chi connectivity index (χ3v) is 2.00. The van der Waals surface area contributed by atoms with Gasteiger partial charge in [-0.25, -0.2) is 8.78 Å². The predicted octanol–water partition coefficient (Wildman–Crippen LogP) is 1.10. The van der Waals surface area contributed by atoms with Crippen molar-refractivity contribution in [2.45, 2.75) is 13.0 Å². The quantitative estimate of drug-likeness (QED) is 0.791. The molecule has 0 heterocycles. The molecule has 1 atom stereocenters. The maximum Gasteiger partial charge on any atom is 0.234 e. The summed E-state index contributed by atoms with van der Waals surface area (Å²) in [6.07, 6.45) is 0.